The number of benzene rings is 1. The Kier molecular flexibility index (Phi) is 7.41. The van der Waals surface area contributed by atoms with Crippen molar-refractivity contribution in [2.75, 3.05) is 11.9 Å². The fourth-order valence-electron chi connectivity index (χ4n) is 3.23. The van der Waals surface area contributed by atoms with Crippen LogP contribution in [0, 0.1) is 0 Å². The molecule has 8 nitrogen and oxygen atoms in total. The number of anilines is 1. The van der Waals surface area contributed by atoms with Crippen LogP contribution < -0.4 is 16.5 Å². The maximum atomic E-state index is 12.4. The van der Waals surface area contributed by atoms with E-state index in [0.717, 1.165) is 30.3 Å². The molecule has 1 amide bonds. The molecule has 1 N–H and O–H groups in total. The average Bonchev–Trinajstić information content (AvgIpc) is 2.95. The minimum atomic E-state index is -0.607. The molecule has 9 heteroatoms. The molecule has 0 bridgehead atoms. The van der Waals surface area contributed by atoms with Crippen molar-refractivity contribution >= 4 is 24.5 Å². The minimum Gasteiger partial charge on any atom is -0.449 e. The van der Waals surface area contributed by atoms with Crippen molar-refractivity contribution in [2.24, 2.45) is 0 Å². The van der Waals surface area contributed by atoms with Gasteiger partial charge in [0.2, 0.25) is 0 Å². The van der Waals surface area contributed by atoms with Gasteiger partial charge in [-0.2, -0.15) is 4.98 Å². The number of unbranched alkanes of at least 4 members (excludes halogenated alkanes) is 2. The molecule has 1 aliphatic heterocycles. The number of rotatable bonds is 8. The van der Waals surface area contributed by atoms with Gasteiger partial charge < -0.3 is 14.0 Å². The summed E-state index contributed by atoms with van der Waals surface area (Å²) >= 11 is 0. The van der Waals surface area contributed by atoms with E-state index in [2.05, 4.69) is 17.2 Å². The summed E-state index contributed by atoms with van der Waals surface area (Å²) in [4.78, 5) is 28.1. The molecule has 1 saturated heterocycles. The molecule has 0 atom stereocenters. The lowest BCUT2D eigenvalue weighted by atomic mass is 9.79. The highest BCUT2D eigenvalue weighted by atomic mass is 16.7. The lowest BCUT2D eigenvalue weighted by Gasteiger charge is -2.32. The van der Waals surface area contributed by atoms with Gasteiger partial charge in [0.25, 0.3) is 0 Å². The fraction of sp³-hybridized carbons (Fsp3) is 0.522. The Morgan fingerprint density at radius 3 is 2.34 bits per heavy atom. The van der Waals surface area contributed by atoms with Gasteiger partial charge in [0, 0.05) is 6.20 Å². The highest BCUT2D eigenvalue weighted by Crippen LogP contribution is 2.36. The molecule has 1 aromatic carbocycles. The van der Waals surface area contributed by atoms with Crippen LogP contribution in [-0.2, 0) is 20.6 Å². The Labute approximate surface area is 189 Å². The van der Waals surface area contributed by atoms with Crippen molar-refractivity contribution in [1.29, 1.82) is 0 Å². The van der Waals surface area contributed by atoms with Crippen molar-refractivity contribution in [1.82, 2.24) is 9.55 Å². The zero-order valence-electron chi connectivity index (χ0n) is 19.5. The number of nitrogens with one attached hydrogen (secondary N) is 1. The topological polar surface area (TPSA) is 91.7 Å². The third-order valence-corrected chi connectivity index (χ3v) is 5.94. The zero-order chi connectivity index (χ0) is 23.4. The molecule has 2 aromatic rings. The van der Waals surface area contributed by atoms with Crippen LogP contribution in [0.5, 0.6) is 0 Å². The zero-order valence-corrected chi connectivity index (χ0v) is 19.5. The van der Waals surface area contributed by atoms with Gasteiger partial charge in [-0.1, -0.05) is 44.0 Å². The van der Waals surface area contributed by atoms with Crippen LogP contribution in [0.2, 0.25) is 0 Å². The summed E-state index contributed by atoms with van der Waals surface area (Å²) in [7, 11) is -0.425. The van der Waals surface area contributed by atoms with Crippen LogP contribution in [0.4, 0.5) is 10.6 Å². The van der Waals surface area contributed by atoms with Crippen LogP contribution in [0.15, 0.2) is 41.3 Å². The predicted molar refractivity (Wildman–Crippen MR) is 124 cm³/mol. The van der Waals surface area contributed by atoms with E-state index in [1.807, 2.05) is 52.0 Å². The number of ether oxygens (including phenoxy) is 1. The lowest BCUT2D eigenvalue weighted by Crippen LogP contribution is -2.41. The summed E-state index contributed by atoms with van der Waals surface area (Å²) in [5.74, 6) is 0.169. The minimum absolute atomic E-state index is 0.169. The number of carbonyl (C=O) groups is 1. The van der Waals surface area contributed by atoms with Gasteiger partial charge in [-0.25, -0.2) is 9.59 Å². The standard InChI is InChI=1S/C23H32BN3O5/c1-6-7-8-15-30-21(29)26-19-13-14-27(20(28)25-19)16-17-9-11-18(12-10-17)24-31-22(2,3)23(4,5)32-24/h9-14H,6-8,15-16H2,1-5H3,(H,25,26,28,29). The molecule has 0 spiro atoms. The molecule has 3 rings (SSSR count). The second kappa shape index (κ2) is 9.87. The molecule has 0 aliphatic carbocycles. The third-order valence-electron chi connectivity index (χ3n) is 5.94. The molecule has 0 unspecified atom stereocenters. The largest absolute Gasteiger partial charge is 0.494 e. The second-order valence-electron chi connectivity index (χ2n) is 9.02. The third kappa shape index (κ3) is 5.78. The Morgan fingerprint density at radius 2 is 1.75 bits per heavy atom. The molecular weight excluding hydrogens is 409 g/mol. The summed E-state index contributed by atoms with van der Waals surface area (Å²) < 4.78 is 18.7. The summed E-state index contributed by atoms with van der Waals surface area (Å²) in [6, 6.07) is 9.34. The van der Waals surface area contributed by atoms with Gasteiger partial charge in [0.15, 0.2) is 0 Å². The Bertz CT molecular complexity index is 972. The van der Waals surface area contributed by atoms with Gasteiger partial charge >= 0.3 is 18.9 Å². The number of aromatic nitrogens is 2. The molecule has 1 aromatic heterocycles. The number of hydrogen-bond acceptors (Lipinski definition) is 6. The van der Waals surface area contributed by atoms with Crippen LogP contribution in [-0.4, -0.2) is 40.6 Å². The quantitative estimate of drug-likeness (QED) is 0.499. The second-order valence-corrected chi connectivity index (χ2v) is 9.02. The van der Waals surface area contributed by atoms with E-state index in [-0.39, 0.29) is 5.82 Å². The summed E-state index contributed by atoms with van der Waals surface area (Å²) in [5, 5.41) is 2.49. The van der Waals surface area contributed by atoms with Crippen LogP contribution in [0.1, 0.15) is 59.4 Å². The first kappa shape index (κ1) is 24.0. The van der Waals surface area contributed by atoms with Gasteiger partial charge in [-0.05, 0) is 51.2 Å². The van der Waals surface area contributed by atoms with Crippen molar-refractivity contribution in [3.8, 4) is 0 Å². The lowest BCUT2D eigenvalue weighted by molar-refractivity contribution is 0.00578. The van der Waals surface area contributed by atoms with E-state index in [1.165, 1.54) is 4.57 Å². The van der Waals surface area contributed by atoms with Crippen LogP contribution in [0.25, 0.3) is 0 Å². The number of nitrogens with zero attached hydrogens (tertiary/aromatic N) is 2. The number of carbonyl (C=O) groups excluding carboxylic acids is 1. The fourth-order valence-corrected chi connectivity index (χ4v) is 3.23. The maximum Gasteiger partial charge on any atom is 0.494 e. The monoisotopic (exact) mass is 441 g/mol. The van der Waals surface area contributed by atoms with Crippen molar-refractivity contribution in [3.05, 3.63) is 52.6 Å². The van der Waals surface area contributed by atoms with E-state index < -0.39 is 30.1 Å². The highest BCUT2D eigenvalue weighted by molar-refractivity contribution is 6.62. The van der Waals surface area contributed by atoms with Gasteiger partial charge in [-0.15, -0.1) is 0 Å². The summed E-state index contributed by atoms with van der Waals surface area (Å²) in [5.41, 5.74) is 0.615. The Hall–Kier alpha value is -2.65. The molecule has 32 heavy (non-hydrogen) atoms. The molecule has 172 valence electrons. The number of hydrogen-bond donors (Lipinski definition) is 1. The first-order valence-electron chi connectivity index (χ1n) is 11.1. The van der Waals surface area contributed by atoms with Crippen LogP contribution >= 0.6 is 0 Å². The molecule has 1 aliphatic rings. The van der Waals surface area contributed by atoms with E-state index in [0.29, 0.717) is 13.2 Å². The summed E-state index contributed by atoms with van der Waals surface area (Å²) in [6.45, 7) is 10.9. The smallest absolute Gasteiger partial charge is 0.449 e. The summed E-state index contributed by atoms with van der Waals surface area (Å²) in [6.07, 6.45) is 3.85. The Morgan fingerprint density at radius 1 is 1.09 bits per heavy atom. The van der Waals surface area contributed by atoms with E-state index >= 15 is 0 Å². The van der Waals surface area contributed by atoms with Gasteiger partial charge in [-0.3, -0.25) is 9.88 Å². The van der Waals surface area contributed by atoms with Crippen molar-refractivity contribution in [3.63, 3.8) is 0 Å². The average molecular weight is 441 g/mol. The molecular formula is C23H32BN3O5. The van der Waals surface area contributed by atoms with Crippen molar-refractivity contribution in [2.45, 2.75) is 71.6 Å². The highest BCUT2D eigenvalue weighted by Gasteiger charge is 2.51. The van der Waals surface area contributed by atoms with Crippen molar-refractivity contribution < 1.29 is 18.8 Å². The van der Waals surface area contributed by atoms with E-state index in [1.54, 1.807) is 12.3 Å². The maximum absolute atomic E-state index is 12.4. The van der Waals surface area contributed by atoms with E-state index in [4.69, 9.17) is 14.0 Å². The van der Waals surface area contributed by atoms with Gasteiger partial charge in [0.1, 0.15) is 5.82 Å². The van der Waals surface area contributed by atoms with Gasteiger partial charge in [0.05, 0.1) is 24.4 Å². The van der Waals surface area contributed by atoms with Crippen LogP contribution in [0.3, 0.4) is 0 Å². The molecule has 1 fully saturated rings. The molecule has 0 saturated carbocycles. The SMILES string of the molecule is CCCCCOC(=O)Nc1ccn(Cc2ccc(B3OC(C)(C)C(C)(C)O3)cc2)c(=O)n1. The molecule has 2 heterocycles. The predicted octanol–water partition coefficient (Wildman–Crippen LogP) is 3.33. The van der Waals surface area contributed by atoms with E-state index in [9.17, 15) is 9.59 Å². The normalized spacial score (nSPS) is 16.7. The molecule has 0 radical (unpaired) electrons. The number of amides is 1. The first-order chi connectivity index (χ1) is 15.1. The Balaban J connectivity index is 1.58. The first-order valence-corrected chi connectivity index (χ1v) is 11.1.